The van der Waals surface area contributed by atoms with Crippen molar-refractivity contribution in [2.75, 3.05) is 6.54 Å². The van der Waals surface area contributed by atoms with E-state index < -0.39 is 0 Å². The number of nitrogens with two attached hydrogens (primary N) is 1. The number of benzene rings is 1. The highest BCUT2D eigenvalue weighted by molar-refractivity contribution is 9.10. The number of hydrogen-bond donors (Lipinski definition) is 1. The summed E-state index contributed by atoms with van der Waals surface area (Å²) in [5.74, 6) is 0.491. The summed E-state index contributed by atoms with van der Waals surface area (Å²) in [7, 11) is 0. The van der Waals surface area contributed by atoms with Crippen molar-refractivity contribution in [3.05, 3.63) is 50.9 Å². The summed E-state index contributed by atoms with van der Waals surface area (Å²) >= 11 is 5.20. The van der Waals surface area contributed by atoms with Gasteiger partial charge in [0.05, 0.1) is 5.51 Å². The topological polar surface area (TPSA) is 38.9 Å². The van der Waals surface area contributed by atoms with Crippen molar-refractivity contribution in [2.45, 2.75) is 12.8 Å². The number of aromatic nitrogens is 1. The van der Waals surface area contributed by atoms with Crippen molar-refractivity contribution >= 4 is 27.3 Å². The van der Waals surface area contributed by atoms with Gasteiger partial charge < -0.3 is 5.73 Å². The summed E-state index contributed by atoms with van der Waals surface area (Å²) < 4.78 is 1.13. The van der Waals surface area contributed by atoms with Gasteiger partial charge in [-0.1, -0.05) is 28.1 Å². The van der Waals surface area contributed by atoms with Crippen molar-refractivity contribution in [3.63, 3.8) is 0 Å². The van der Waals surface area contributed by atoms with Crippen LogP contribution in [-0.2, 0) is 12.8 Å². The van der Waals surface area contributed by atoms with Crippen LogP contribution in [0.2, 0.25) is 0 Å². The molecule has 0 aliphatic carbocycles. The molecule has 0 bridgehead atoms. The van der Waals surface area contributed by atoms with E-state index in [9.17, 15) is 0 Å². The molecule has 17 heavy (non-hydrogen) atoms. The van der Waals surface area contributed by atoms with Crippen molar-refractivity contribution in [1.82, 2.24) is 4.98 Å². The van der Waals surface area contributed by atoms with Crippen LogP contribution in [0.4, 0.5) is 0 Å². The van der Waals surface area contributed by atoms with Crippen LogP contribution in [0.15, 0.2) is 40.4 Å². The van der Waals surface area contributed by atoms with Crippen LogP contribution in [0.5, 0.6) is 0 Å². The quantitative estimate of drug-likeness (QED) is 0.920. The molecule has 1 aromatic carbocycles. The maximum atomic E-state index is 5.85. The number of nitrogens with zero attached hydrogens (tertiary/aromatic N) is 1. The fourth-order valence-electron chi connectivity index (χ4n) is 1.86. The van der Waals surface area contributed by atoms with E-state index in [1.165, 1.54) is 10.4 Å². The number of halogens is 1. The van der Waals surface area contributed by atoms with Crippen LogP contribution in [-0.4, -0.2) is 11.5 Å². The van der Waals surface area contributed by atoms with Gasteiger partial charge >= 0.3 is 0 Å². The second-order valence-electron chi connectivity index (χ2n) is 4.11. The SMILES string of the molecule is NCC(Cc1cccc(Br)c1)Cc1cncs1. The zero-order valence-electron chi connectivity index (χ0n) is 9.47. The molecule has 0 spiro atoms. The molecular formula is C13H15BrN2S. The van der Waals surface area contributed by atoms with E-state index in [2.05, 4.69) is 39.1 Å². The fourth-order valence-corrected chi connectivity index (χ4v) is 3.02. The van der Waals surface area contributed by atoms with Crippen LogP contribution in [0.3, 0.4) is 0 Å². The standard InChI is InChI=1S/C13H15BrN2S/c14-12-3-1-2-10(5-12)4-11(7-15)6-13-8-16-9-17-13/h1-3,5,8-9,11H,4,6-7,15H2. The molecule has 0 saturated carbocycles. The smallest absolute Gasteiger partial charge is 0.0794 e. The molecule has 2 rings (SSSR count). The molecule has 0 radical (unpaired) electrons. The first-order chi connectivity index (χ1) is 8.28. The Morgan fingerprint density at radius 3 is 2.88 bits per heavy atom. The maximum Gasteiger partial charge on any atom is 0.0794 e. The lowest BCUT2D eigenvalue weighted by Gasteiger charge is -2.13. The highest BCUT2D eigenvalue weighted by Crippen LogP contribution is 2.18. The minimum absolute atomic E-state index is 0.491. The average molecular weight is 311 g/mol. The normalized spacial score (nSPS) is 12.6. The summed E-state index contributed by atoms with van der Waals surface area (Å²) in [4.78, 5) is 5.42. The summed E-state index contributed by atoms with van der Waals surface area (Å²) in [5.41, 5.74) is 9.06. The third-order valence-electron chi connectivity index (χ3n) is 2.72. The van der Waals surface area contributed by atoms with Gasteiger partial charge in [-0.2, -0.15) is 0 Å². The molecule has 0 amide bonds. The molecule has 0 aliphatic rings. The molecule has 90 valence electrons. The lowest BCUT2D eigenvalue weighted by Crippen LogP contribution is -2.19. The molecule has 1 unspecified atom stereocenters. The van der Waals surface area contributed by atoms with E-state index >= 15 is 0 Å². The molecule has 0 saturated heterocycles. The Labute approximate surface area is 114 Å². The molecule has 0 fully saturated rings. The molecule has 4 heteroatoms. The van der Waals surface area contributed by atoms with E-state index in [4.69, 9.17) is 5.73 Å². The van der Waals surface area contributed by atoms with Crippen molar-refractivity contribution in [3.8, 4) is 0 Å². The van der Waals surface area contributed by atoms with Gasteiger partial charge in [0, 0.05) is 15.5 Å². The third kappa shape index (κ3) is 3.91. The lowest BCUT2D eigenvalue weighted by atomic mass is 9.96. The summed E-state index contributed by atoms with van der Waals surface area (Å²) in [6, 6.07) is 8.43. The Kier molecular flexibility index (Phi) is 4.71. The zero-order chi connectivity index (χ0) is 12.1. The van der Waals surface area contributed by atoms with Gasteiger partial charge in [-0.05, 0) is 43.0 Å². The zero-order valence-corrected chi connectivity index (χ0v) is 11.9. The van der Waals surface area contributed by atoms with Crippen LogP contribution in [0.1, 0.15) is 10.4 Å². The maximum absolute atomic E-state index is 5.85. The highest BCUT2D eigenvalue weighted by Gasteiger charge is 2.10. The second kappa shape index (κ2) is 6.28. The minimum Gasteiger partial charge on any atom is -0.330 e. The summed E-state index contributed by atoms with van der Waals surface area (Å²) in [6.45, 7) is 0.713. The van der Waals surface area contributed by atoms with Gasteiger partial charge in [0.1, 0.15) is 0 Å². The second-order valence-corrected chi connectivity index (χ2v) is 5.99. The Morgan fingerprint density at radius 2 is 2.24 bits per heavy atom. The first kappa shape index (κ1) is 12.7. The fraction of sp³-hybridized carbons (Fsp3) is 0.308. The minimum atomic E-state index is 0.491. The predicted octanol–water partition coefficient (Wildman–Crippen LogP) is 3.27. The largest absolute Gasteiger partial charge is 0.330 e. The predicted molar refractivity (Wildman–Crippen MR) is 76.2 cm³/mol. The van der Waals surface area contributed by atoms with Crippen LogP contribution >= 0.6 is 27.3 Å². The summed E-state index contributed by atoms with van der Waals surface area (Å²) in [6.07, 6.45) is 3.98. The molecule has 2 aromatic rings. The van der Waals surface area contributed by atoms with Gasteiger partial charge in [0.2, 0.25) is 0 Å². The Bertz CT molecular complexity index is 456. The third-order valence-corrected chi connectivity index (χ3v) is 4.02. The van der Waals surface area contributed by atoms with E-state index in [0.717, 1.165) is 17.3 Å². The van der Waals surface area contributed by atoms with Gasteiger partial charge in [0.15, 0.2) is 0 Å². The number of hydrogen-bond acceptors (Lipinski definition) is 3. The Hall–Kier alpha value is -0.710. The van der Waals surface area contributed by atoms with E-state index in [1.807, 2.05) is 17.8 Å². The van der Waals surface area contributed by atoms with Crippen molar-refractivity contribution in [2.24, 2.45) is 11.7 Å². The molecular weight excluding hydrogens is 296 g/mol. The van der Waals surface area contributed by atoms with Crippen LogP contribution < -0.4 is 5.73 Å². The average Bonchev–Trinajstić information content (AvgIpc) is 2.81. The lowest BCUT2D eigenvalue weighted by molar-refractivity contribution is 0.537. The van der Waals surface area contributed by atoms with Gasteiger partial charge in [-0.3, -0.25) is 4.98 Å². The number of thiazole rings is 1. The Morgan fingerprint density at radius 1 is 1.35 bits per heavy atom. The van der Waals surface area contributed by atoms with E-state index in [-0.39, 0.29) is 0 Å². The number of rotatable bonds is 5. The van der Waals surface area contributed by atoms with E-state index in [1.54, 1.807) is 11.3 Å². The molecule has 0 aliphatic heterocycles. The molecule has 1 heterocycles. The molecule has 1 atom stereocenters. The molecule has 1 aromatic heterocycles. The van der Waals surface area contributed by atoms with Gasteiger partial charge in [-0.15, -0.1) is 11.3 Å². The van der Waals surface area contributed by atoms with Gasteiger partial charge in [-0.25, -0.2) is 0 Å². The van der Waals surface area contributed by atoms with Crippen LogP contribution in [0.25, 0.3) is 0 Å². The molecule has 2 N–H and O–H groups in total. The first-order valence-corrected chi connectivity index (χ1v) is 7.27. The van der Waals surface area contributed by atoms with Crippen molar-refractivity contribution in [1.29, 1.82) is 0 Å². The monoisotopic (exact) mass is 310 g/mol. The van der Waals surface area contributed by atoms with Gasteiger partial charge in [0.25, 0.3) is 0 Å². The Balaban J connectivity index is 2.00. The molecule has 2 nitrogen and oxygen atoms in total. The highest BCUT2D eigenvalue weighted by atomic mass is 79.9. The van der Waals surface area contributed by atoms with Crippen LogP contribution in [0, 0.1) is 5.92 Å². The van der Waals surface area contributed by atoms with E-state index in [0.29, 0.717) is 12.5 Å². The summed E-state index contributed by atoms with van der Waals surface area (Å²) in [5, 5.41) is 0. The first-order valence-electron chi connectivity index (χ1n) is 5.60. The van der Waals surface area contributed by atoms with Crippen molar-refractivity contribution < 1.29 is 0 Å².